The first kappa shape index (κ1) is 16.6. The predicted octanol–water partition coefficient (Wildman–Crippen LogP) is 0.441. The van der Waals surface area contributed by atoms with Gasteiger partial charge in [-0.05, 0) is 12.0 Å². The number of esters is 2. The molecule has 1 rings (SSSR count). The maximum absolute atomic E-state index is 11.6. The molecule has 21 heavy (non-hydrogen) atoms. The Morgan fingerprint density at radius 2 is 1.86 bits per heavy atom. The van der Waals surface area contributed by atoms with E-state index < -0.39 is 22.9 Å². The lowest BCUT2D eigenvalue weighted by Crippen LogP contribution is -2.42. The number of nitro benzene ring substituents is 1. The number of hydrogen-bond acceptors (Lipinski definition) is 7. The van der Waals surface area contributed by atoms with E-state index in [4.69, 9.17) is 0 Å². The van der Waals surface area contributed by atoms with Crippen LogP contribution < -0.4 is 5.32 Å². The summed E-state index contributed by atoms with van der Waals surface area (Å²) in [5, 5.41) is 13.3. The molecule has 0 radical (unpaired) electrons. The standard InChI is InChI=1S/C13H16N2O6/c1-20-12(16)8-14-11(13(17)21-2)7-9-3-5-10(6-4-9)15(18)19/h3-6,11,14H,7-8H2,1-2H3/t11-/m0/s1. The number of hydrogen-bond donors (Lipinski definition) is 1. The molecule has 1 aromatic carbocycles. The highest BCUT2D eigenvalue weighted by atomic mass is 16.6. The van der Waals surface area contributed by atoms with E-state index in [-0.39, 0.29) is 18.7 Å². The highest BCUT2D eigenvalue weighted by molar-refractivity contribution is 5.78. The van der Waals surface area contributed by atoms with E-state index in [1.807, 2.05) is 0 Å². The Morgan fingerprint density at radius 3 is 2.33 bits per heavy atom. The lowest BCUT2D eigenvalue weighted by molar-refractivity contribution is -0.384. The van der Waals surface area contributed by atoms with Gasteiger partial charge in [-0.1, -0.05) is 12.1 Å². The van der Waals surface area contributed by atoms with Gasteiger partial charge < -0.3 is 9.47 Å². The number of nitro groups is 1. The minimum absolute atomic E-state index is 0.0316. The van der Waals surface area contributed by atoms with Gasteiger partial charge in [0, 0.05) is 12.1 Å². The quantitative estimate of drug-likeness (QED) is 0.442. The summed E-state index contributed by atoms with van der Waals surface area (Å²) in [6.07, 6.45) is 0.238. The fourth-order valence-corrected chi connectivity index (χ4v) is 1.65. The molecule has 1 N–H and O–H groups in total. The summed E-state index contributed by atoms with van der Waals surface area (Å²) in [4.78, 5) is 32.8. The van der Waals surface area contributed by atoms with Gasteiger partial charge >= 0.3 is 11.9 Å². The van der Waals surface area contributed by atoms with Crippen molar-refractivity contribution in [3.63, 3.8) is 0 Å². The zero-order valence-electron chi connectivity index (χ0n) is 11.7. The van der Waals surface area contributed by atoms with Crippen LogP contribution >= 0.6 is 0 Å². The largest absolute Gasteiger partial charge is 0.468 e. The van der Waals surface area contributed by atoms with Gasteiger partial charge in [-0.25, -0.2) is 0 Å². The number of non-ortho nitro benzene ring substituents is 1. The first-order valence-corrected chi connectivity index (χ1v) is 6.09. The van der Waals surface area contributed by atoms with Crippen LogP contribution in [0, 0.1) is 10.1 Å². The molecule has 1 atom stereocenters. The Balaban J connectivity index is 2.73. The molecule has 0 aliphatic carbocycles. The summed E-state index contributed by atoms with van der Waals surface area (Å²) < 4.78 is 9.13. The second-order valence-electron chi connectivity index (χ2n) is 4.16. The molecule has 0 amide bonds. The number of benzene rings is 1. The van der Waals surface area contributed by atoms with E-state index >= 15 is 0 Å². The van der Waals surface area contributed by atoms with Crippen molar-refractivity contribution in [2.45, 2.75) is 12.5 Å². The molecule has 8 heteroatoms. The van der Waals surface area contributed by atoms with Crippen molar-refractivity contribution in [3.05, 3.63) is 39.9 Å². The molecule has 0 aliphatic heterocycles. The second kappa shape index (κ2) is 7.95. The van der Waals surface area contributed by atoms with Crippen LogP contribution in [0.1, 0.15) is 5.56 Å². The highest BCUT2D eigenvalue weighted by Gasteiger charge is 2.20. The van der Waals surface area contributed by atoms with E-state index in [1.54, 1.807) is 12.1 Å². The second-order valence-corrected chi connectivity index (χ2v) is 4.16. The van der Waals surface area contributed by atoms with Crippen LogP contribution in [0.4, 0.5) is 5.69 Å². The fourth-order valence-electron chi connectivity index (χ4n) is 1.65. The molecule has 0 heterocycles. The lowest BCUT2D eigenvalue weighted by Gasteiger charge is -2.15. The van der Waals surface area contributed by atoms with Gasteiger partial charge in [-0.3, -0.25) is 25.0 Å². The number of rotatable bonds is 7. The summed E-state index contributed by atoms with van der Waals surface area (Å²) >= 11 is 0. The minimum Gasteiger partial charge on any atom is -0.468 e. The summed E-state index contributed by atoms with van der Waals surface area (Å²) in [6, 6.07) is 5.06. The molecule has 0 bridgehead atoms. The molecular weight excluding hydrogens is 280 g/mol. The van der Waals surface area contributed by atoms with Crippen molar-refractivity contribution < 1.29 is 24.0 Å². The smallest absolute Gasteiger partial charge is 0.323 e. The Morgan fingerprint density at radius 1 is 1.24 bits per heavy atom. The van der Waals surface area contributed by atoms with Crippen LogP contribution in [0.3, 0.4) is 0 Å². The minimum atomic E-state index is -0.740. The SMILES string of the molecule is COC(=O)CN[C@@H](Cc1ccc([N+](=O)[O-])cc1)C(=O)OC. The average molecular weight is 296 g/mol. The van der Waals surface area contributed by atoms with Crippen LogP contribution in [-0.2, 0) is 25.5 Å². The van der Waals surface area contributed by atoms with Gasteiger partial charge in [0.2, 0.25) is 0 Å². The van der Waals surface area contributed by atoms with Gasteiger partial charge in [0.1, 0.15) is 6.04 Å². The Kier molecular flexibility index (Phi) is 6.28. The molecule has 114 valence electrons. The first-order chi connectivity index (χ1) is 9.97. The number of nitrogens with one attached hydrogen (secondary N) is 1. The van der Waals surface area contributed by atoms with Crippen LogP contribution in [-0.4, -0.2) is 43.7 Å². The van der Waals surface area contributed by atoms with Gasteiger partial charge in [0.25, 0.3) is 5.69 Å². The normalized spacial score (nSPS) is 11.5. The molecule has 0 unspecified atom stereocenters. The van der Waals surface area contributed by atoms with Gasteiger partial charge in [-0.15, -0.1) is 0 Å². The highest BCUT2D eigenvalue weighted by Crippen LogP contribution is 2.13. The number of nitrogens with zero attached hydrogens (tertiary/aromatic N) is 1. The van der Waals surface area contributed by atoms with Crippen LogP contribution in [0.25, 0.3) is 0 Å². The number of carbonyl (C=O) groups excluding carboxylic acids is 2. The first-order valence-electron chi connectivity index (χ1n) is 6.09. The van der Waals surface area contributed by atoms with Crippen LogP contribution in [0.2, 0.25) is 0 Å². The van der Waals surface area contributed by atoms with Crippen molar-refractivity contribution in [1.29, 1.82) is 0 Å². The summed E-state index contributed by atoms with van der Waals surface area (Å²) in [7, 11) is 2.48. The van der Waals surface area contributed by atoms with Crippen molar-refractivity contribution >= 4 is 17.6 Å². The maximum atomic E-state index is 11.6. The van der Waals surface area contributed by atoms with Gasteiger partial charge in [0.05, 0.1) is 25.7 Å². The van der Waals surface area contributed by atoms with Crippen molar-refractivity contribution in [2.75, 3.05) is 20.8 Å². The summed E-state index contributed by atoms with van der Waals surface area (Å²) in [6.45, 7) is -0.136. The molecular formula is C13H16N2O6. The molecule has 0 aromatic heterocycles. The molecule has 0 saturated carbocycles. The van der Waals surface area contributed by atoms with Crippen molar-refractivity contribution in [3.8, 4) is 0 Å². The Bertz CT molecular complexity index is 514. The number of carbonyl (C=O) groups is 2. The van der Waals surface area contributed by atoms with E-state index in [9.17, 15) is 19.7 Å². The third-order valence-electron chi connectivity index (χ3n) is 2.79. The molecule has 0 fully saturated rings. The molecule has 8 nitrogen and oxygen atoms in total. The average Bonchev–Trinajstić information content (AvgIpc) is 2.50. The number of methoxy groups -OCH3 is 2. The summed E-state index contributed by atoms with van der Waals surface area (Å²) in [5.74, 6) is -1.04. The van der Waals surface area contributed by atoms with Gasteiger partial charge in [-0.2, -0.15) is 0 Å². The van der Waals surface area contributed by atoms with Gasteiger partial charge in [0.15, 0.2) is 0 Å². The third kappa shape index (κ3) is 5.19. The molecule has 0 aliphatic rings. The zero-order chi connectivity index (χ0) is 15.8. The lowest BCUT2D eigenvalue weighted by atomic mass is 10.1. The molecule has 0 saturated heterocycles. The van der Waals surface area contributed by atoms with Crippen molar-refractivity contribution in [1.82, 2.24) is 5.32 Å². The van der Waals surface area contributed by atoms with Crippen LogP contribution in [0.15, 0.2) is 24.3 Å². The summed E-state index contributed by atoms with van der Waals surface area (Å²) in [5.41, 5.74) is 0.671. The third-order valence-corrected chi connectivity index (χ3v) is 2.79. The van der Waals surface area contributed by atoms with E-state index in [1.165, 1.54) is 26.4 Å². The molecule has 1 aromatic rings. The predicted molar refractivity (Wildman–Crippen MR) is 72.6 cm³/mol. The zero-order valence-corrected chi connectivity index (χ0v) is 11.7. The fraction of sp³-hybridized carbons (Fsp3) is 0.385. The Labute approximate surface area is 121 Å². The van der Waals surface area contributed by atoms with Crippen molar-refractivity contribution in [2.24, 2.45) is 0 Å². The number of ether oxygens (including phenoxy) is 2. The van der Waals surface area contributed by atoms with E-state index in [0.717, 1.165) is 0 Å². The van der Waals surface area contributed by atoms with E-state index in [0.29, 0.717) is 5.56 Å². The topological polar surface area (TPSA) is 108 Å². The van der Waals surface area contributed by atoms with Crippen LogP contribution in [0.5, 0.6) is 0 Å². The monoisotopic (exact) mass is 296 g/mol. The van der Waals surface area contributed by atoms with E-state index in [2.05, 4.69) is 14.8 Å². The maximum Gasteiger partial charge on any atom is 0.323 e. The molecule has 0 spiro atoms. The Hall–Kier alpha value is -2.48.